The van der Waals surface area contributed by atoms with Gasteiger partial charge in [0.15, 0.2) is 5.76 Å². The first-order chi connectivity index (χ1) is 15.7. The van der Waals surface area contributed by atoms with Crippen LogP contribution in [0.3, 0.4) is 0 Å². The molecule has 0 aliphatic heterocycles. The Bertz CT molecular complexity index is 1340. The fourth-order valence-corrected chi connectivity index (χ4v) is 3.62. The Kier molecular flexibility index (Phi) is 6.21. The quantitative estimate of drug-likeness (QED) is 0.253. The molecule has 0 saturated carbocycles. The van der Waals surface area contributed by atoms with Gasteiger partial charge in [-0.25, -0.2) is 0 Å². The topological polar surface area (TPSA) is 59.3 Å². The van der Waals surface area contributed by atoms with Crippen LogP contribution in [0.15, 0.2) is 83.3 Å². The standard InChI is InChI=1S/C28H24ClNO3/c1-28(2,3)20-13-8-18(9-14-20)10-17-24(31)30-25-22-6-4-5-7-23(22)33-27(25)26(32)19-11-15-21(29)16-12-19/h4-17H,1-3H3,(H,30,31). The summed E-state index contributed by atoms with van der Waals surface area (Å²) in [6.07, 6.45) is 3.19. The van der Waals surface area contributed by atoms with Gasteiger partial charge in [0.1, 0.15) is 5.58 Å². The van der Waals surface area contributed by atoms with Gasteiger partial charge in [-0.3, -0.25) is 9.59 Å². The zero-order valence-electron chi connectivity index (χ0n) is 18.7. The third-order valence-corrected chi connectivity index (χ3v) is 5.61. The largest absolute Gasteiger partial charge is 0.450 e. The lowest BCUT2D eigenvalue weighted by atomic mass is 9.87. The van der Waals surface area contributed by atoms with E-state index in [1.807, 2.05) is 30.3 Å². The summed E-state index contributed by atoms with van der Waals surface area (Å²) in [7, 11) is 0. The molecule has 0 aliphatic rings. The molecule has 0 spiro atoms. The van der Waals surface area contributed by atoms with Crippen molar-refractivity contribution in [3.63, 3.8) is 0 Å². The first-order valence-corrected chi connectivity index (χ1v) is 11.0. The number of rotatable bonds is 5. The van der Waals surface area contributed by atoms with Crippen LogP contribution in [0.1, 0.15) is 48.0 Å². The Hall–Kier alpha value is -3.63. The molecule has 4 nitrogen and oxygen atoms in total. The molecule has 4 aromatic rings. The van der Waals surface area contributed by atoms with Crippen molar-refractivity contribution in [2.45, 2.75) is 26.2 Å². The smallest absolute Gasteiger partial charge is 0.248 e. The maximum atomic E-state index is 13.1. The molecule has 1 aromatic heterocycles. The molecule has 1 amide bonds. The van der Waals surface area contributed by atoms with E-state index in [2.05, 4.69) is 38.2 Å². The maximum absolute atomic E-state index is 13.1. The van der Waals surface area contributed by atoms with Gasteiger partial charge in [0.05, 0.1) is 5.69 Å². The van der Waals surface area contributed by atoms with Crippen LogP contribution < -0.4 is 5.32 Å². The number of para-hydroxylation sites is 1. The Morgan fingerprint density at radius 1 is 0.909 bits per heavy atom. The van der Waals surface area contributed by atoms with Crippen molar-refractivity contribution in [3.8, 4) is 0 Å². The Morgan fingerprint density at radius 3 is 2.24 bits per heavy atom. The highest BCUT2D eigenvalue weighted by Gasteiger charge is 2.23. The molecule has 0 bridgehead atoms. The second kappa shape index (κ2) is 9.08. The third-order valence-electron chi connectivity index (χ3n) is 5.36. The molecule has 0 unspecified atom stereocenters. The number of hydrogen-bond donors (Lipinski definition) is 1. The number of carbonyl (C=O) groups is 2. The predicted octanol–water partition coefficient (Wildman–Crippen LogP) is 7.27. The van der Waals surface area contributed by atoms with Gasteiger partial charge in [-0.2, -0.15) is 0 Å². The second-order valence-corrected chi connectivity index (χ2v) is 9.27. The normalized spacial score (nSPS) is 11.8. The van der Waals surface area contributed by atoms with Gasteiger partial charge >= 0.3 is 0 Å². The Balaban J connectivity index is 1.60. The van der Waals surface area contributed by atoms with Gasteiger partial charge in [0, 0.05) is 22.0 Å². The van der Waals surface area contributed by atoms with Crippen LogP contribution in [-0.4, -0.2) is 11.7 Å². The number of fused-ring (bicyclic) bond motifs is 1. The van der Waals surface area contributed by atoms with Crippen molar-refractivity contribution >= 4 is 46.0 Å². The monoisotopic (exact) mass is 457 g/mol. The molecular formula is C28H24ClNO3. The number of anilines is 1. The molecular weight excluding hydrogens is 434 g/mol. The molecule has 0 radical (unpaired) electrons. The number of ketones is 1. The van der Waals surface area contributed by atoms with Gasteiger partial charge in [-0.05, 0) is 59.0 Å². The van der Waals surface area contributed by atoms with E-state index >= 15 is 0 Å². The molecule has 0 aliphatic carbocycles. The predicted molar refractivity (Wildman–Crippen MR) is 134 cm³/mol. The lowest BCUT2D eigenvalue weighted by Gasteiger charge is -2.18. The molecule has 1 N–H and O–H groups in total. The van der Waals surface area contributed by atoms with E-state index < -0.39 is 0 Å². The van der Waals surface area contributed by atoms with Crippen LogP contribution in [0.5, 0.6) is 0 Å². The van der Waals surface area contributed by atoms with E-state index in [1.165, 1.54) is 11.6 Å². The summed E-state index contributed by atoms with van der Waals surface area (Å²) in [6, 6.07) is 21.8. The lowest BCUT2D eigenvalue weighted by Crippen LogP contribution is -2.11. The van der Waals surface area contributed by atoms with Crippen LogP contribution in [0.2, 0.25) is 5.02 Å². The minimum Gasteiger partial charge on any atom is -0.450 e. The van der Waals surface area contributed by atoms with E-state index in [4.69, 9.17) is 16.0 Å². The Morgan fingerprint density at radius 2 is 1.58 bits per heavy atom. The highest BCUT2D eigenvalue weighted by atomic mass is 35.5. The zero-order valence-corrected chi connectivity index (χ0v) is 19.4. The van der Waals surface area contributed by atoms with Crippen molar-refractivity contribution in [1.82, 2.24) is 0 Å². The fourth-order valence-electron chi connectivity index (χ4n) is 3.49. The molecule has 0 saturated heterocycles. The summed E-state index contributed by atoms with van der Waals surface area (Å²) in [5.41, 5.74) is 3.49. The number of benzene rings is 3. The molecule has 5 heteroatoms. The van der Waals surface area contributed by atoms with Crippen LogP contribution in [-0.2, 0) is 10.2 Å². The van der Waals surface area contributed by atoms with Gasteiger partial charge in [0.2, 0.25) is 11.7 Å². The average Bonchev–Trinajstić information content (AvgIpc) is 3.16. The number of furan rings is 1. The van der Waals surface area contributed by atoms with Gasteiger partial charge in [-0.1, -0.05) is 68.8 Å². The third kappa shape index (κ3) is 5.07. The summed E-state index contributed by atoms with van der Waals surface area (Å²) < 4.78 is 5.83. The van der Waals surface area contributed by atoms with E-state index in [1.54, 1.807) is 36.4 Å². The van der Waals surface area contributed by atoms with Crippen molar-refractivity contribution < 1.29 is 14.0 Å². The van der Waals surface area contributed by atoms with Gasteiger partial charge in [-0.15, -0.1) is 0 Å². The molecule has 1 heterocycles. The number of carbonyl (C=O) groups excluding carboxylic acids is 2. The van der Waals surface area contributed by atoms with E-state index in [9.17, 15) is 9.59 Å². The van der Waals surface area contributed by atoms with Crippen LogP contribution in [0, 0.1) is 0 Å². The minimum absolute atomic E-state index is 0.0645. The summed E-state index contributed by atoms with van der Waals surface area (Å²) in [5.74, 6) is -0.610. The van der Waals surface area contributed by atoms with E-state index in [-0.39, 0.29) is 22.9 Å². The van der Waals surface area contributed by atoms with Crippen molar-refractivity contribution in [2.24, 2.45) is 0 Å². The second-order valence-electron chi connectivity index (χ2n) is 8.83. The number of hydrogen-bond acceptors (Lipinski definition) is 3. The van der Waals surface area contributed by atoms with Crippen LogP contribution >= 0.6 is 11.6 Å². The summed E-state index contributed by atoms with van der Waals surface area (Å²) in [4.78, 5) is 25.9. The number of nitrogens with one attached hydrogen (secondary N) is 1. The molecule has 166 valence electrons. The van der Waals surface area contributed by atoms with Crippen LogP contribution in [0.25, 0.3) is 17.0 Å². The van der Waals surface area contributed by atoms with Crippen molar-refractivity contribution in [3.05, 3.63) is 106 Å². The first kappa shape index (κ1) is 22.6. The Labute approximate surface area is 197 Å². The summed E-state index contributed by atoms with van der Waals surface area (Å²) in [5, 5.41) is 4.03. The summed E-state index contributed by atoms with van der Waals surface area (Å²) >= 11 is 5.94. The van der Waals surface area contributed by atoms with Crippen molar-refractivity contribution in [2.75, 3.05) is 5.32 Å². The van der Waals surface area contributed by atoms with Gasteiger partial charge < -0.3 is 9.73 Å². The maximum Gasteiger partial charge on any atom is 0.248 e. The van der Waals surface area contributed by atoms with Crippen LogP contribution in [0.4, 0.5) is 5.69 Å². The van der Waals surface area contributed by atoms with E-state index in [0.29, 0.717) is 27.2 Å². The molecule has 0 fully saturated rings. The van der Waals surface area contributed by atoms with E-state index in [0.717, 1.165) is 5.56 Å². The molecule has 33 heavy (non-hydrogen) atoms. The van der Waals surface area contributed by atoms with Crippen molar-refractivity contribution in [1.29, 1.82) is 0 Å². The molecule has 3 aromatic carbocycles. The lowest BCUT2D eigenvalue weighted by molar-refractivity contribution is -0.111. The fraction of sp³-hybridized carbons (Fsp3) is 0.143. The highest BCUT2D eigenvalue weighted by molar-refractivity contribution is 6.30. The number of amides is 1. The molecule has 4 rings (SSSR count). The minimum atomic E-state index is -0.355. The first-order valence-electron chi connectivity index (χ1n) is 10.6. The number of halogens is 1. The highest BCUT2D eigenvalue weighted by Crippen LogP contribution is 2.33. The summed E-state index contributed by atoms with van der Waals surface area (Å²) in [6.45, 7) is 6.47. The molecule has 0 atom stereocenters. The SMILES string of the molecule is CC(C)(C)c1ccc(C=CC(=O)Nc2c(C(=O)c3ccc(Cl)cc3)oc3ccccc23)cc1. The van der Waals surface area contributed by atoms with Gasteiger partial charge in [0.25, 0.3) is 0 Å². The average molecular weight is 458 g/mol. The zero-order chi connectivity index (χ0) is 23.6.